The minimum absolute atomic E-state index is 0.207. The number of rotatable bonds is 5. The van der Waals surface area contributed by atoms with E-state index >= 15 is 0 Å². The molecule has 0 fully saturated rings. The van der Waals surface area contributed by atoms with E-state index in [0.717, 1.165) is 19.5 Å². The number of nitrogens with one attached hydrogen (secondary N) is 1. The van der Waals surface area contributed by atoms with Crippen LogP contribution in [0.5, 0.6) is 0 Å². The van der Waals surface area contributed by atoms with Crippen molar-refractivity contribution in [1.29, 1.82) is 0 Å². The smallest absolute Gasteiger partial charge is 0.0524 e. The van der Waals surface area contributed by atoms with Crippen LogP contribution in [0.3, 0.4) is 0 Å². The normalized spacial score (nSPS) is 14.1. The van der Waals surface area contributed by atoms with Crippen molar-refractivity contribution >= 4 is 11.3 Å². The molecular formula is C13H23NOS. The third-order valence-electron chi connectivity index (χ3n) is 2.44. The van der Waals surface area contributed by atoms with Gasteiger partial charge in [0.05, 0.1) is 6.10 Å². The molecule has 1 heterocycles. The van der Waals surface area contributed by atoms with Crippen LogP contribution in [0.2, 0.25) is 0 Å². The Morgan fingerprint density at radius 1 is 1.38 bits per heavy atom. The van der Waals surface area contributed by atoms with Crippen LogP contribution in [0.4, 0.5) is 0 Å². The molecular weight excluding hydrogens is 218 g/mol. The molecule has 2 nitrogen and oxygen atoms in total. The van der Waals surface area contributed by atoms with Gasteiger partial charge < -0.3 is 10.4 Å². The molecule has 0 bridgehead atoms. The topological polar surface area (TPSA) is 32.3 Å². The molecule has 2 N–H and O–H groups in total. The van der Waals surface area contributed by atoms with Crippen molar-refractivity contribution in [2.45, 2.75) is 52.2 Å². The van der Waals surface area contributed by atoms with Crippen LogP contribution >= 0.6 is 11.3 Å². The van der Waals surface area contributed by atoms with E-state index in [1.807, 2.05) is 18.3 Å². The first-order chi connectivity index (χ1) is 7.39. The van der Waals surface area contributed by atoms with Crippen LogP contribution in [0.25, 0.3) is 0 Å². The van der Waals surface area contributed by atoms with Crippen molar-refractivity contribution < 1.29 is 5.11 Å². The van der Waals surface area contributed by atoms with E-state index in [1.165, 1.54) is 9.75 Å². The molecule has 0 aliphatic carbocycles. The van der Waals surface area contributed by atoms with Crippen molar-refractivity contribution in [3.63, 3.8) is 0 Å². The lowest BCUT2D eigenvalue weighted by atomic mass is 9.95. The fourth-order valence-corrected chi connectivity index (χ4v) is 2.43. The molecule has 0 saturated carbocycles. The summed E-state index contributed by atoms with van der Waals surface area (Å²) in [5.74, 6) is 0. The largest absolute Gasteiger partial charge is 0.393 e. The zero-order chi connectivity index (χ0) is 12.2. The predicted molar refractivity (Wildman–Crippen MR) is 71.0 cm³/mol. The molecule has 1 aromatic rings. The minimum atomic E-state index is -0.207. The van der Waals surface area contributed by atoms with Crippen LogP contribution in [-0.4, -0.2) is 17.8 Å². The summed E-state index contributed by atoms with van der Waals surface area (Å²) in [6.07, 6.45) is 0.610. The Bertz CT molecular complexity index is 312. The first-order valence-corrected chi connectivity index (χ1v) is 6.69. The summed E-state index contributed by atoms with van der Waals surface area (Å²) in [6.45, 7) is 10.3. The molecule has 1 rings (SSSR count). The van der Waals surface area contributed by atoms with Gasteiger partial charge in [-0.15, -0.1) is 11.3 Å². The van der Waals surface area contributed by atoms with E-state index < -0.39 is 0 Å². The Morgan fingerprint density at radius 3 is 2.56 bits per heavy atom. The van der Waals surface area contributed by atoms with E-state index in [1.54, 1.807) is 0 Å². The summed E-state index contributed by atoms with van der Waals surface area (Å²) in [5, 5.41) is 12.5. The molecule has 0 saturated heterocycles. The third-order valence-corrected chi connectivity index (χ3v) is 3.95. The van der Waals surface area contributed by atoms with Gasteiger partial charge in [0, 0.05) is 16.3 Å². The molecule has 0 aliphatic rings. The fourth-order valence-electron chi connectivity index (χ4n) is 1.40. The van der Waals surface area contributed by atoms with Gasteiger partial charge in [-0.1, -0.05) is 20.8 Å². The van der Waals surface area contributed by atoms with Crippen molar-refractivity contribution in [1.82, 2.24) is 5.32 Å². The molecule has 92 valence electrons. The van der Waals surface area contributed by atoms with Gasteiger partial charge in [0.1, 0.15) is 0 Å². The van der Waals surface area contributed by atoms with E-state index in [0.29, 0.717) is 0 Å². The summed E-state index contributed by atoms with van der Waals surface area (Å²) in [4.78, 5) is 2.80. The van der Waals surface area contributed by atoms with Crippen LogP contribution in [0, 0.1) is 0 Å². The highest BCUT2D eigenvalue weighted by atomic mass is 32.1. The highest BCUT2D eigenvalue weighted by Crippen LogP contribution is 2.29. The van der Waals surface area contributed by atoms with Gasteiger partial charge in [0.15, 0.2) is 0 Å². The molecule has 1 unspecified atom stereocenters. The average molecular weight is 241 g/mol. The van der Waals surface area contributed by atoms with Gasteiger partial charge >= 0.3 is 0 Å². The van der Waals surface area contributed by atoms with Crippen molar-refractivity contribution in [2.24, 2.45) is 0 Å². The van der Waals surface area contributed by atoms with Crippen LogP contribution < -0.4 is 5.32 Å². The van der Waals surface area contributed by atoms with E-state index in [-0.39, 0.29) is 11.5 Å². The standard InChI is InChI=1S/C13H23NOS/c1-10(15)7-8-14-9-11-5-6-12(16-11)13(2,3)4/h5-6,10,14-15H,7-9H2,1-4H3. The molecule has 16 heavy (non-hydrogen) atoms. The number of aliphatic hydroxyl groups is 1. The lowest BCUT2D eigenvalue weighted by Gasteiger charge is -2.15. The number of thiophene rings is 1. The van der Waals surface area contributed by atoms with Crippen molar-refractivity contribution in [2.75, 3.05) is 6.54 Å². The molecule has 0 radical (unpaired) electrons. The molecule has 0 aromatic carbocycles. The van der Waals surface area contributed by atoms with Crippen LogP contribution in [0.15, 0.2) is 12.1 Å². The number of hydrogen-bond acceptors (Lipinski definition) is 3. The maximum Gasteiger partial charge on any atom is 0.0524 e. The summed E-state index contributed by atoms with van der Waals surface area (Å²) < 4.78 is 0. The second kappa shape index (κ2) is 5.80. The quantitative estimate of drug-likeness (QED) is 0.777. The van der Waals surface area contributed by atoms with Gasteiger partial charge in [-0.25, -0.2) is 0 Å². The Kier molecular flexibility index (Phi) is 4.96. The Labute approximate surface area is 103 Å². The number of aliphatic hydroxyl groups excluding tert-OH is 1. The summed E-state index contributed by atoms with van der Waals surface area (Å²) in [5.41, 5.74) is 0.253. The summed E-state index contributed by atoms with van der Waals surface area (Å²) in [6, 6.07) is 4.41. The Balaban J connectivity index is 2.36. The molecule has 0 spiro atoms. The lowest BCUT2D eigenvalue weighted by Crippen LogP contribution is -2.18. The van der Waals surface area contributed by atoms with E-state index in [9.17, 15) is 0 Å². The predicted octanol–water partition coefficient (Wildman–Crippen LogP) is 2.91. The van der Waals surface area contributed by atoms with Gasteiger partial charge in [0.25, 0.3) is 0 Å². The molecule has 0 amide bonds. The molecule has 0 aliphatic heterocycles. The lowest BCUT2D eigenvalue weighted by molar-refractivity contribution is 0.183. The van der Waals surface area contributed by atoms with Crippen molar-refractivity contribution in [3.8, 4) is 0 Å². The van der Waals surface area contributed by atoms with Gasteiger partial charge in [-0.05, 0) is 37.4 Å². The average Bonchev–Trinajstić information content (AvgIpc) is 2.59. The molecule has 1 aromatic heterocycles. The van der Waals surface area contributed by atoms with Crippen LogP contribution in [0.1, 0.15) is 43.9 Å². The SMILES string of the molecule is CC(O)CCNCc1ccc(C(C)(C)C)s1. The van der Waals surface area contributed by atoms with Gasteiger partial charge in [-0.3, -0.25) is 0 Å². The highest BCUT2D eigenvalue weighted by molar-refractivity contribution is 7.12. The number of hydrogen-bond donors (Lipinski definition) is 2. The van der Waals surface area contributed by atoms with E-state index in [2.05, 4.69) is 38.2 Å². The van der Waals surface area contributed by atoms with Crippen molar-refractivity contribution in [3.05, 3.63) is 21.9 Å². The zero-order valence-corrected chi connectivity index (χ0v) is 11.5. The maximum absolute atomic E-state index is 9.12. The molecule has 1 atom stereocenters. The fraction of sp³-hybridized carbons (Fsp3) is 0.692. The van der Waals surface area contributed by atoms with Crippen LogP contribution in [-0.2, 0) is 12.0 Å². The monoisotopic (exact) mass is 241 g/mol. The van der Waals surface area contributed by atoms with Gasteiger partial charge in [0.2, 0.25) is 0 Å². The zero-order valence-electron chi connectivity index (χ0n) is 10.7. The Morgan fingerprint density at radius 2 is 2.06 bits per heavy atom. The van der Waals surface area contributed by atoms with E-state index in [4.69, 9.17) is 5.11 Å². The third kappa shape index (κ3) is 4.64. The maximum atomic E-state index is 9.12. The van der Waals surface area contributed by atoms with Gasteiger partial charge in [-0.2, -0.15) is 0 Å². The first-order valence-electron chi connectivity index (χ1n) is 5.87. The molecule has 3 heteroatoms. The second-order valence-electron chi connectivity index (χ2n) is 5.33. The summed E-state index contributed by atoms with van der Waals surface area (Å²) in [7, 11) is 0. The summed E-state index contributed by atoms with van der Waals surface area (Å²) >= 11 is 1.87. The second-order valence-corrected chi connectivity index (χ2v) is 6.50. The Hall–Kier alpha value is -0.380. The minimum Gasteiger partial charge on any atom is -0.393 e. The first kappa shape index (κ1) is 13.7. The highest BCUT2D eigenvalue weighted by Gasteiger charge is 2.15.